The first-order chi connectivity index (χ1) is 11.6. The Morgan fingerprint density at radius 3 is 1.00 bits per heavy atom. The second-order valence-corrected chi connectivity index (χ2v) is 5.05. The zero-order valence-corrected chi connectivity index (χ0v) is 12.0. The third-order valence-corrected chi connectivity index (χ3v) is 3.70. The van der Waals surface area contributed by atoms with E-state index in [1.165, 1.54) is 24.3 Å². The topological polar surface area (TPSA) is 93.2 Å². The molecule has 0 aliphatic carbocycles. The van der Waals surface area contributed by atoms with E-state index in [4.69, 9.17) is 0 Å². The van der Waals surface area contributed by atoms with Crippen molar-refractivity contribution in [2.45, 2.75) is 0 Å². The summed E-state index contributed by atoms with van der Waals surface area (Å²) in [6, 6.07) is 12.2. The zero-order chi connectivity index (χ0) is 16.8. The number of benzene rings is 2. The normalized spacial score (nSPS) is 16.0. The van der Waals surface area contributed by atoms with Gasteiger partial charge in [0, 0.05) is 0 Å². The molecule has 4 rings (SSSR count). The number of hydrogen-bond acceptors (Lipinski definition) is 6. The number of carbonyl (C=O) groups excluding carboxylic acids is 4. The van der Waals surface area contributed by atoms with E-state index in [1.807, 2.05) is 0 Å². The molecule has 0 saturated heterocycles. The van der Waals surface area contributed by atoms with Crippen molar-refractivity contribution < 1.29 is 29.2 Å². The van der Waals surface area contributed by atoms with Crippen LogP contribution in [0.1, 0.15) is 41.4 Å². The molecule has 4 amide bonds. The maximum Gasteiger partial charge on any atom is 0.288 e. The summed E-state index contributed by atoms with van der Waals surface area (Å²) in [6.07, 6.45) is 0. The van der Waals surface area contributed by atoms with Gasteiger partial charge < -0.3 is 0 Å². The van der Waals surface area contributed by atoms with Gasteiger partial charge in [-0.2, -0.15) is 0 Å². The Hall–Kier alpha value is -3.36. The summed E-state index contributed by atoms with van der Waals surface area (Å²) in [5.74, 6) is -2.97. The number of hydrogen-bond donors (Lipinski definition) is 0. The molecule has 2 aromatic rings. The van der Waals surface area contributed by atoms with Gasteiger partial charge in [-0.3, -0.25) is 19.2 Å². The molecule has 0 bridgehead atoms. The predicted molar refractivity (Wildman–Crippen MR) is 76.1 cm³/mol. The van der Waals surface area contributed by atoms with Crippen molar-refractivity contribution >= 4 is 23.6 Å². The molecule has 118 valence electrons. The average Bonchev–Trinajstić information content (AvgIpc) is 3.00. The summed E-state index contributed by atoms with van der Waals surface area (Å²) in [5.41, 5.74) is 0.587. The van der Waals surface area contributed by atoms with Gasteiger partial charge in [0.1, 0.15) is 0 Å². The predicted octanol–water partition coefficient (Wildman–Crippen LogP) is 1.36. The molecule has 8 heteroatoms. The maximum absolute atomic E-state index is 12.1. The Morgan fingerprint density at radius 1 is 0.500 bits per heavy atom. The van der Waals surface area contributed by atoms with Crippen LogP contribution in [0.15, 0.2) is 48.5 Å². The number of nitrogens with zero attached hydrogens (tertiary/aromatic N) is 2. The van der Waals surface area contributed by atoms with Gasteiger partial charge in [0.15, 0.2) is 0 Å². The molecule has 2 aliphatic heterocycles. The summed E-state index contributed by atoms with van der Waals surface area (Å²) < 4.78 is 0. The van der Waals surface area contributed by atoms with E-state index in [9.17, 15) is 19.2 Å². The summed E-state index contributed by atoms with van der Waals surface area (Å²) in [5, 5.41) is 0.711. The summed E-state index contributed by atoms with van der Waals surface area (Å²) in [4.78, 5) is 57.8. The molecule has 0 fully saturated rings. The standard InChI is InChI=1S/C16H8N2O6/c19-13-9-5-1-2-6-10(9)14(20)17(13)23-24-18-15(21)11-7-3-4-8-12(11)16(18)22/h1-8H. The van der Waals surface area contributed by atoms with Crippen LogP contribution < -0.4 is 0 Å². The van der Waals surface area contributed by atoms with Crippen molar-refractivity contribution in [3.63, 3.8) is 0 Å². The lowest BCUT2D eigenvalue weighted by atomic mass is 10.1. The summed E-state index contributed by atoms with van der Waals surface area (Å²) in [7, 11) is 0. The van der Waals surface area contributed by atoms with Crippen molar-refractivity contribution in [2.75, 3.05) is 0 Å². The molecule has 2 aliphatic rings. The highest BCUT2D eigenvalue weighted by Gasteiger charge is 2.41. The number of rotatable bonds is 3. The first-order valence-corrected chi connectivity index (χ1v) is 6.90. The first-order valence-electron chi connectivity index (χ1n) is 6.90. The van der Waals surface area contributed by atoms with Gasteiger partial charge in [-0.15, -0.1) is 10.1 Å². The van der Waals surface area contributed by atoms with Gasteiger partial charge in [-0.05, 0) is 24.3 Å². The molecule has 2 aromatic carbocycles. The molecule has 2 heterocycles. The largest absolute Gasteiger partial charge is 0.288 e. The van der Waals surface area contributed by atoms with Crippen LogP contribution in [0.3, 0.4) is 0 Å². The van der Waals surface area contributed by atoms with Gasteiger partial charge in [0.05, 0.1) is 22.3 Å². The molecule has 0 unspecified atom stereocenters. The van der Waals surface area contributed by atoms with Crippen LogP contribution in [0.5, 0.6) is 0 Å². The molecule has 8 nitrogen and oxygen atoms in total. The van der Waals surface area contributed by atoms with Crippen LogP contribution in [-0.2, 0) is 9.98 Å². The first kappa shape index (κ1) is 14.2. The van der Waals surface area contributed by atoms with Crippen LogP contribution >= 0.6 is 0 Å². The van der Waals surface area contributed by atoms with Gasteiger partial charge in [-0.25, -0.2) is 0 Å². The van der Waals surface area contributed by atoms with Crippen LogP contribution in [0.2, 0.25) is 0 Å². The van der Waals surface area contributed by atoms with E-state index in [1.54, 1.807) is 24.3 Å². The zero-order valence-electron chi connectivity index (χ0n) is 12.0. The molecule has 0 saturated carbocycles. The van der Waals surface area contributed by atoms with E-state index in [0.717, 1.165) is 0 Å². The Labute approximate surface area is 134 Å². The number of carbonyl (C=O) groups is 4. The molecule has 0 aromatic heterocycles. The van der Waals surface area contributed by atoms with E-state index in [-0.39, 0.29) is 22.3 Å². The van der Waals surface area contributed by atoms with E-state index >= 15 is 0 Å². The second kappa shape index (κ2) is 5.08. The van der Waals surface area contributed by atoms with Gasteiger partial charge in [0.2, 0.25) is 0 Å². The number of fused-ring (bicyclic) bond motifs is 2. The van der Waals surface area contributed by atoms with E-state index in [2.05, 4.69) is 9.98 Å². The van der Waals surface area contributed by atoms with Crippen molar-refractivity contribution in [1.29, 1.82) is 0 Å². The van der Waals surface area contributed by atoms with Crippen molar-refractivity contribution in [2.24, 2.45) is 0 Å². The minimum Gasteiger partial charge on any atom is -0.266 e. The van der Waals surface area contributed by atoms with Crippen molar-refractivity contribution in [3.8, 4) is 0 Å². The lowest BCUT2D eigenvalue weighted by molar-refractivity contribution is -0.455. The fourth-order valence-electron chi connectivity index (χ4n) is 2.54. The lowest BCUT2D eigenvalue weighted by Crippen LogP contribution is -2.37. The molecule has 24 heavy (non-hydrogen) atoms. The highest BCUT2D eigenvalue weighted by atomic mass is 17.3. The van der Waals surface area contributed by atoms with Crippen LogP contribution in [-0.4, -0.2) is 33.8 Å². The molecule has 0 N–H and O–H groups in total. The monoisotopic (exact) mass is 324 g/mol. The van der Waals surface area contributed by atoms with E-state index < -0.39 is 23.6 Å². The van der Waals surface area contributed by atoms with Gasteiger partial charge in [-0.1, -0.05) is 34.2 Å². The summed E-state index contributed by atoms with van der Waals surface area (Å²) >= 11 is 0. The van der Waals surface area contributed by atoms with Gasteiger partial charge in [0.25, 0.3) is 23.6 Å². The smallest absolute Gasteiger partial charge is 0.266 e. The van der Waals surface area contributed by atoms with Gasteiger partial charge >= 0.3 is 0 Å². The van der Waals surface area contributed by atoms with Crippen molar-refractivity contribution in [1.82, 2.24) is 10.1 Å². The molecule has 0 radical (unpaired) electrons. The number of imide groups is 2. The highest BCUT2D eigenvalue weighted by molar-refractivity contribution is 6.21. The number of hydroxylamine groups is 4. The minimum atomic E-state index is -0.743. The fraction of sp³-hybridized carbons (Fsp3) is 0. The molecule has 0 atom stereocenters. The Kier molecular flexibility index (Phi) is 3.02. The Morgan fingerprint density at radius 2 is 0.750 bits per heavy atom. The SMILES string of the molecule is O=C1c2ccccc2C(=O)N1OON1C(=O)c2ccccc2C1=O. The lowest BCUT2D eigenvalue weighted by Gasteiger charge is -2.15. The highest BCUT2D eigenvalue weighted by Crippen LogP contribution is 2.26. The summed E-state index contributed by atoms with van der Waals surface area (Å²) in [6.45, 7) is 0. The number of amides is 4. The van der Waals surface area contributed by atoms with Crippen LogP contribution in [0.25, 0.3) is 0 Å². The molecule has 0 spiro atoms. The quantitative estimate of drug-likeness (QED) is 0.481. The fourth-order valence-corrected chi connectivity index (χ4v) is 2.54. The Balaban J connectivity index is 1.53. The second-order valence-electron chi connectivity index (χ2n) is 5.05. The third-order valence-electron chi connectivity index (χ3n) is 3.70. The van der Waals surface area contributed by atoms with Crippen molar-refractivity contribution in [3.05, 3.63) is 70.8 Å². The average molecular weight is 324 g/mol. The van der Waals surface area contributed by atoms with Crippen LogP contribution in [0.4, 0.5) is 0 Å². The molecular formula is C16H8N2O6. The van der Waals surface area contributed by atoms with Crippen LogP contribution in [0, 0.1) is 0 Å². The minimum absolute atomic E-state index is 0.147. The Bertz CT molecular complexity index is 777. The molecular weight excluding hydrogens is 316 g/mol. The van der Waals surface area contributed by atoms with E-state index in [0.29, 0.717) is 10.1 Å². The maximum atomic E-state index is 12.1. The third kappa shape index (κ3) is 1.87.